The number of rotatable bonds is 6. The van der Waals surface area contributed by atoms with Crippen LogP contribution in [-0.4, -0.2) is 48.5 Å². The van der Waals surface area contributed by atoms with Gasteiger partial charge in [-0.15, -0.1) is 0 Å². The molecule has 0 spiro atoms. The summed E-state index contributed by atoms with van der Waals surface area (Å²) >= 11 is 5.97. The van der Waals surface area contributed by atoms with Crippen LogP contribution in [0.3, 0.4) is 0 Å². The second kappa shape index (κ2) is 9.52. The van der Waals surface area contributed by atoms with E-state index in [1.165, 1.54) is 32.1 Å². The van der Waals surface area contributed by atoms with Gasteiger partial charge in [0, 0.05) is 36.7 Å². The monoisotopic (exact) mass is 427 g/mol. The number of nitrogens with zero attached hydrogens (tertiary/aromatic N) is 4. The number of hydrogen-bond acceptors (Lipinski definition) is 3. The van der Waals surface area contributed by atoms with Crippen molar-refractivity contribution in [2.45, 2.75) is 51.4 Å². The third kappa shape index (κ3) is 4.89. The molecule has 1 amide bonds. The lowest BCUT2D eigenvalue weighted by atomic mass is 9.63. The van der Waals surface area contributed by atoms with E-state index in [0.717, 1.165) is 44.0 Å². The van der Waals surface area contributed by atoms with Crippen LogP contribution in [0.25, 0.3) is 5.43 Å². The summed E-state index contributed by atoms with van der Waals surface area (Å²) in [5.41, 5.74) is 6.47. The molecule has 0 atom stereocenters. The Bertz CT molecular complexity index is 777. The van der Waals surface area contributed by atoms with E-state index in [4.69, 9.17) is 11.6 Å². The van der Waals surface area contributed by atoms with Crippen molar-refractivity contribution in [1.29, 1.82) is 0 Å². The second-order valence-electron chi connectivity index (χ2n) is 9.07. The molecule has 4 rings (SSSR count). The van der Waals surface area contributed by atoms with Crippen molar-refractivity contribution in [3.05, 3.63) is 52.4 Å². The predicted octanol–water partition coefficient (Wildman–Crippen LogP) is 5.22. The van der Waals surface area contributed by atoms with E-state index in [-0.39, 0.29) is 11.3 Å². The van der Waals surface area contributed by atoms with Crippen LogP contribution in [0.1, 0.15) is 50.5 Å². The largest absolute Gasteiger partial charge is 0.548 e. The van der Waals surface area contributed by atoms with Gasteiger partial charge < -0.3 is 15.3 Å². The molecule has 3 aliphatic rings. The summed E-state index contributed by atoms with van der Waals surface area (Å²) in [5.74, 6) is 0.819. The Morgan fingerprint density at radius 3 is 2.50 bits per heavy atom. The minimum absolute atomic E-state index is 0.0922. The van der Waals surface area contributed by atoms with Crippen LogP contribution >= 0.6 is 11.6 Å². The minimum atomic E-state index is 0.0922. The van der Waals surface area contributed by atoms with Crippen LogP contribution in [-0.2, 0) is 11.2 Å². The zero-order valence-corrected chi connectivity index (χ0v) is 18.5. The highest BCUT2D eigenvalue weighted by atomic mass is 35.5. The number of likely N-dealkylation sites (tertiary alicyclic amines) is 1. The van der Waals surface area contributed by atoms with E-state index < -0.39 is 0 Å². The van der Waals surface area contributed by atoms with Gasteiger partial charge in [0.1, 0.15) is 0 Å². The highest BCUT2D eigenvalue weighted by Crippen LogP contribution is 2.47. The van der Waals surface area contributed by atoms with E-state index in [9.17, 15) is 4.79 Å². The van der Waals surface area contributed by atoms with Crippen LogP contribution in [0.5, 0.6) is 0 Å². The fourth-order valence-electron chi connectivity index (χ4n) is 5.41. The molecule has 0 unspecified atom stereocenters. The van der Waals surface area contributed by atoms with E-state index in [1.807, 2.05) is 40.5 Å². The maximum Gasteiger partial charge on any atom is 0.249 e. The number of piperidine rings is 1. The lowest BCUT2D eigenvalue weighted by Crippen LogP contribution is -2.51. The van der Waals surface area contributed by atoms with E-state index in [1.54, 1.807) is 0 Å². The fraction of sp³-hybridized carbons (Fsp3) is 0.583. The van der Waals surface area contributed by atoms with Gasteiger partial charge in [-0.3, -0.25) is 9.79 Å². The van der Waals surface area contributed by atoms with Crippen LogP contribution < -0.4 is 0 Å². The number of carbonyl (C=O) groups is 1. The van der Waals surface area contributed by atoms with Gasteiger partial charge in [0.05, 0.1) is 6.34 Å². The van der Waals surface area contributed by atoms with Crippen LogP contribution in [0.2, 0.25) is 5.02 Å². The number of aliphatic imine (C=N–C) groups is 1. The number of hydrogen-bond donors (Lipinski definition) is 0. The van der Waals surface area contributed by atoms with Crippen molar-refractivity contribution in [2.75, 3.05) is 26.3 Å². The third-order valence-electron chi connectivity index (χ3n) is 7.17. The molecule has 30 heavy (non-hydrogen) atoms. The minimum Gasteiger partial charge on any atom is -0.548 e. The molecule has 1 aliphatic carbocycles. The zero-order valence-electron chi connectivity index (χ0n) is 17.7. The Morgan fingerprint density at radius 2 is 1.87 bits per heavy atom. The average Bonchev–Trinajstić information content (AvgIpc) is 3.29. The number of halogens is 1. The summed E-state index contributed by atoms with van der Waals surface area (Å²) in [7, 11) is 0. The molecule has 0 bridgehead atoms. The van der Waals surface area contributed by atoms with Crippen molar-refractivity contribution in [3.8, 4) is 0 Å². The number of benzene rings is 1. The van der Waals surface area contributed by atoms with Gasteiger partial charge in [-0.05, 0) is 61.4 Å². The molecule has 1 saturated carbocycles. The first kappa shape index (κ1) is 21.4. The highest BCUT2D eigenvalue weighted by molar-refractivity contribution is 6.30. The lowest BCUT2D eigenvalue weighted by Gasteiger charge is -2.51. The molecule has 1 aromatic carbocycles. The first-order valence-electron chi connectivity index (χ1n) is 11.2. The van der Waals surface area contributed by atoms with E-state index >= 15 is 0 Å². The van der Waals surface area contributed by atoms with Gasteiger partial charge in [0.25, 0.3) is 0 Å². The normalized spacial score (nSPS) is 21.8. The summed E-state index contributed by atoms with van der Waals surface area (Å²) in [5, 5.41) is 2.76. The highest BCUT2D eigenvalue weighted by Gasteiger charge is 2.42. The Hall–Kier alpha value is -1.85. The fourth-order valence-corrected chi connectivity index (χ4v) is 5.54. The van der Waals surface area contributed by atoms with Gasteiger partial charge >= 0.3 is 0 Å². The van der Waals surface area contributed by atoms with Gasteiger partial charge in [-0.1, -0.05) is 49.6 Å². The van der Waals surface area contributed by atoms with Gasteiger partial charge in [0.2, 0.25) is 5.91 Å². The maximum atomic E-state index is 13.1. The molecule has 162 valence electrons. The van der Waals surface area contributed by atoms with Crippen LogP contribution in [0.4, 0.5) is 0 Å². The van der Waals surface area contributed by atoms with Crippen molar-refractivity contribution in [3.63, 3.8) is 0 Å². The van der Waals surface area contributed by atoms with Gasteiger partial charge in [-0.2, -0.15) is 0 Å². The summed E-state index contributed by atoms with van der Waals surface area (Å²) < 4.78 is 0. The Balaban J connectivity index is 1.38. The first-order valence-corrected chi connectivity index (χ1v) is 11.6. The summed E-state index contributed by atoms with van der Waals surface area (Å²) in [6.07, 6.45) is 11.2. The molecule has 2 aliphatic heterocycles. The number of carbonyl (C=O) groups excluding carboxylic acids is 1. The van der Waals surface area contributed by atoms with Crippen molar-refractivity contribution in [1.82, 2.24) is 9.91 Å². The number of amides is 1. The summed E-state index contributed by atoms with van der Waals surface area (Å²) in [6.45, 7) is 7.19. The molecule has 0 N–H and O–H groups in total. The summed E-state index contributed by atoms with van der Waals surface area (Å²) in [6, 6.07) is 7.65. The Kier molecular flexibility index (Phi) is 6.79. The molecule has 1 saturated heterocycles. The Morgan fingerprint density at radius 1 is 1.17 bits per heavy atom. The SMILES string of the molecule is C=C(Cc1ccc(Cl)cc1)C(=O)N1CCC(CN2C=NC[N-]2)(C2CCCCC2)CC1. The third-order valence-corrected chi connectivity index (χ3v) is 7.42. The first-order chi connectivity index (χ1) is 14.6. The summed E-state index contributed by atoms with van der Waals surface area (Å²) in [4.78, 5) is 19.3. The molecular formula is C24H32ClN4O-. The molecule has 6 heteroatoms. The van der Waals surface area contributed by atoms with Crippen molar-refractivity contribution >= 4 is 23.8 Å². The molecular weight excluding hydrogens is 396 g/mol. The quantitative estimate of drug-likeness (QED) is 0.584. The van der Waals surface area contributed by atoms with Gasteiger partial charge in [-0.25, -0.2) is 0 Å². The smallest absolute Gasteiger partial charge is 0.249 e. The van der Waals surface area contributed by atoms with Gasteiger partial charge in [0.15, 0.2) is 0 Å². The molecule has 0 radical (unpaired) electrons. The molecule has 0 aromatic heterocycles. The predicted molar refractivity (Wildman–Crippen MR) is 123 cm³/mol. The van der Waals surface area contributed by atoms with E-state index in [0.29, 0.717) is 23.7 Å². The van der Waals surface area contributed by atoms with Crippen molar-refractivity contribution in [2.24, 2.45) is 16.3 Å². The standard InChI is InChI=1S/C24H32ClN4O/c1-19(15-20-7-9-22(25)10-8-20)23(30)28-13-11-24(12-14-28,16-29-18-26-17-27-29)21-5-3-2-4-6-21/h7-10,18,21H,1-6,11-17H2/q-1. The van der Waals surface area contributed by atoms with E-state index in [2.05, 4.69) is 17.0 Å². The lowest BCUT2D eigenvalue weighted by molar-refractivity contribution is -0.130. The molecule has 2 heterocycles. The molecule has 5 nitrogen and oxygen atoms in total. The molecule has 2 fully saturated rings. The van der Waals surface area contributed by atoms with Crippen LogP contribution in [0, 0.1) is 11.3 Å². The van der Waals surface area contributed by atoms with Crippen LogP contribution in [0.15, 0.2) is 41.4 Å². The Labute approximate surface area is 185 Å². The average molecular weight is 428 g/mol. The second-order valence-corrected chi connectivity index (χ2v) is 9.51. The molecule has 1 aromatic rings. The van der Waals surface area contributed by atoms with Crippen molar-refractivity contribution < 1.29 is 4.79 Å². The zero-order chi connectivity index (χ0) is 21.0. The topological polar surface area (TPSA) is 50.0 Å². The maximum absolute atomic E-state index is 13.1.